The van der Waals surface area contributed by atoms with E-state index in [2.05, 4.69) is 12.2 Å². The number of rotatable bonds is 11. The summed E-state index contributed by atoms with van der Waals surface area (Å²) >= 11 is 0. The maximum Gasteiger partial charge on any atom is 0.122 e. The highest BCUT2D eigenvalue weighted by atomic mass is 16.5. The molecule has 0 amide bonds. The largest absolute Gasteiger partial charge is 0.491 e. The Morgan fingerprint density at radius 1 is 1.25 bits per heavy atom. The van der Waals surface area contributed by atoms with Crippen molar-refractivity contribution in [3.8, 4) is 5.75 Å². The first-order chi connectivity index (χ1) is 9.74. The molecule has 20 heavy (non-hydrogen) atoms. The molecule has 114 valence electrons. The van der Waals surface area contributed by atoms with Gasteiger partial charge in [-0.1, -0.05) is 25.1 Å². The fourth-order valence-electron chi connectivity index (χ4n) is 1.78. The average molecular weight is 281 g/mol. The maximum absolute atomic E-state index is 9.82. The van der Waals surface area contributed by atoms with Gasteiger partial charge in [-0.05, 0) is 37.9 Å². The van der Waals surface area contributed by atoms with Gasteiger partial charge in [-0.15, -0.1) is 0 Å². The van der Waals surface area contributed by atoms with Crippen LogP contribution in [-0.2, 0) is 4.74 Å². The van der Waals surface area contributed by atoms with Gasteiger partial charge in [-0.3, -0.25) is 0 Å². The first-order valence-electron chi connectivity index (χ1n) is 7.39. The Balaban J connectivity index is 2.03. The van der Waals surface area contributed by atoms with E-state index in [0.717, 1.165) is 43.9 Å². The summed E-state index contributed by atoms with van der Waals surface area (Å²) in [6.07, 6.45) is 1.53. The second kappa shape index (κ2) is 10.7. The number of hydrogen-bond donors (Lipinski definition) is 2. The maximum atomic E-state index is 9.82. The van der Waals surface area contributed by atoms with E-state index in [1.807, 2.05) is 31.2 Å². The van der Waals surface area contributed by atoms with Gasteiger partial charge in [0.2, 0.25) is 0 Å². The molecule has 0 aromatic heterocycles. The fraction of sp³-hybridized carbons (Fsp3) is 0.625. The van der Waals surface area contributed by atoms with Gasteiger partial charge in [-0.25, -0.2) is 0 Å². The first-order valence-corrected chi connectivity index (χ1v) is 7.39. The van der Waals surface area contributed by atoms with Crippen molar-refractivity contribution in [2.45, 2.75) is 32.8 Å². The molecule has 0 aliphatic heterocycles. The highest BCUT2D eigenvalue weighted by Crippen LogP contribution is 2.16. The minimum Gasteiger partial charge on any atom is -0.491 e. The number of nitrogens with one attached hydrogen (secondary N) is 1. The topological polar surface area (TPSA) is 50.7 Å². The van der Waals surface area contributed by atoms with Crippen molar-refractivity contribution >= 4 is 0 Å². The second-order valence-electron chi connectivity index (χ2n) is 4.90. The van der Waals surface area contributed by atoms with Crippen LogP contribution >= 0.6 is 0 Å². The van der Waals surface area contributed by atoms with Crippen LogP contribution in [0.25, 0.3) is 0 Å². The van der Waals surface area contributed by atoms with Gasteiger partial charge in [0.15, 0.2) is 0 Å². The highest BCUT2D eigenvalue weighted by molar-refractivity contribution is 5.31. The third kappa shape index (κ3) is 7.48. The molecule has 0 aliphatic rings. The van der Waals surface area contributed by atoms with E-state index in [1.165, 1.54) is 0 Å². The van der Waals surface area contributed by atoms with Gasteiger partial charge in [-0.2, -0.15) is 0 Å². The minimum atomic E-state index is -0.494. The molecule has 0 fully saturated rings. The van der Waals surface area contributed by atoms with Crippen molar-refractivity contribution in [1.29, 1.82) is 0 Å². The molecule has 1 rings (SSSR count). The predicted molar refractivity (Wildman–Crippen MR) is 81.3 cm³/mol. The molecule has 1 aromatic carbocycles. The molecule has 0 saturated heterocycles. The van der Waals surface area contributed by atoms with E-state index < -0.39 is 6.10 Å². The Labute approximate surface area is 122 Å². The Hall–Kier alpha value is -1.10. The lowest BCUT2D eigenvalue weighted by Gasteiger charge is -2.14. The van der Waals surface area contributed by atoms with Crippen molar-refractivity contribution in [3.63, 3.8) is 0 Å². The summed E-state index contributed by atoms with van der Waals surface area (Å²) in [5.41, 5.74) is 1.08. The van der Waals surface area contributed by atoms with Crippen LogP contribution in [-0.4, -0.2) is 44.1 Å². The van der Waals surface area contributed by atoms with E-state index in [4.69, 9.17) is 9.47 Å². The number of aliphatic hydroxyl groups excluding tert-OH is 1. The van der Waals surface area contributed by atoms with Crippen LogP contribution in [0.3, 0.4) is 0 Å². The SMILES string of the molecule is CCCOCCCNCC(O)COc1ccccc1C. The molecule has 4 heteroatoms. The van der Waals surface area contributed by atoms with E-state index in [-0.39, 0.29) is 0 Å². The summed E-state index contributed by atoms with van der Waals surface area (Å²) in [6, 6.07) is 7.82. The summed E-state index contributed by atoms with van der Waals surface area (Å²) in [5, 5.41) is 13.0. The average Bonchev–Trinajstić information content (AvgIpc) is 2.45. The van der Waals surface area contributed by atoms with Crippen molar-refractivity contribution in [2.24, 2.45) is 0 Å². The van der Waals surface area contributed by atoms with E-state index >= 15 is 0 Å². The standard InChI is InChI=1S/C16H27NO3/c1-3-10-19-11-6-9-17-12-15(18)13-20-16-8-5-4-7-14(16)2/h4-5,7-8,15,17-18H,3,6,9-13H2,1-2H3. The molecular formula is C16H27NO3. The van der Waals surface area contributed by atoms with Gasteiger partial charge >= 0.3 is 0 Å². The molecule has 0 heterocycles. The molecule has 1 atom stereocenters. The number of ether oxygens (including phenoxy) is 2. The normalized spacial score (nSPS) is 12.3. The molecule has 0 saturated carbocycles. The van der Waals surface area contributed by atoms with E-state index in [9.17, 15) is 5.11 Å². The van der Waals surface area contributed by atoms with Crippen LogP contribution in [0.4, 0.5) is 0 Å². The Kier molecular flexibility index (Phi) is 9.04. The molecule has 1 unspecified atom stereocenters. The molecular weight excluding hydrogens is 254 g/mol. The molecule has 0 spiro atoms. The van der Waals surface area contributed by atoms with Gasteiger partial charge < -0.3 is 19.9 Å². The van der Waals surface area contributed by atoms with Crippen molar-refractivity contribution in [2.75, 3.05) is 32.9 Å². The Morgan fingerprint density at radius 2 is 2.05 bits per heavy atom. The van der Waals surface area contributed by atoms with Gasteiger partial charge in [0.05, 0.1) is 0 Å². The smallest absolute Gasteiger partial charge is 0.122 e. The Bertz CT molecular complexity index is 357. The van der Waals surface area contributed by atoms with Crippen LogP contribution in [0.1, 0.15) is 25.3 Å². The van der Waals surface area contributed by atoms with E-state index in [0.29, 0.717) is 13.2 Å². The van der Waals surface area contributed by atoms with E-state index in [1.54, 1.807) is 0 Å². The van der Waals surface area contributed by atoms with Crippen LogP contribution in [0.5, 0.6) is 5.75 Å². The fourth-order valence-corrected chi connectivity index (χ4v) is 1.78. The van der Waals surface area contributed by atoms with Crippen LogP contribution in [0, 0.1) is 6.92 Å². The number of hydrogen-bond acceptors (Lipinski definition) is 4. The summed E-state index contributed by atoms with van der Waals surface area (Å²) in [4.78, 5) is 0. The molecule has 0 aliphatic carbocycles. The lowest BCUT2D eigenvalue weighted by Crippen LogP contribution is -2.32. The molecule has 0 bridgehead atoms. The zero-order valence-corrected chi connectivity index (χ0v) is 12.6. The summed E-state index contributed by atoms with van der Waals surface area (Å²) in [5.74, 6) is 0.833. The quantitative estimate of drug-likeness (QED) is 0.610. The number of aryl methyl sites for hydroxylation is 1. The van der Waals surface area contributed by atoms with Gasteiger partial charge in [0.1, 0.15) is 18.5 Å². The van der Waals surface area contributed by atoms with Crippen LogP contribution in [0.2, 0.25) is 0 Å². The molecule has 2 N–H and O–H groups in total. The van der Waals surface area contributed by atoms with Crippen LogP contribution < -0.4 is 10.1 Å². The third-order valence-corrected chi connectivity index (χ3v) is 2.90. The summed E-state index contributed by atoms with van der Waals surface area (Å²) in [7, 11) is 0. The van der Waals surface area contributed by atoms with Crippen molar-refractivity contribution in [1.82, 2.24) is 5.32 Å². The number of benzene rings is 1. The van der Waals surface area contributed by atoms with Crippen molar-refractivity contribution < 1.29 is 14.6 Å². The predicted octanol–water partition coefficient (Wildman–Crippen LogP) is 2.14. The van der Waals surface area contributed by atoms with Gasteiger partial charge in [0, 0.05) is 19.8 Å². The monoisotopic (exact) mass is 281 g/mol. The molecule has 1 aromatic rings. The minimum absolute atomic E-state index is 0.310. The summed E-state index contributed by atoms with van der Waals surface area (Å²) < 4.78 is 11.0. The first kappa shape index (κ1) is 17.0. The lowest BCUT2D eigenvalue weighted by atomic mass is 10.2. The van der Waals surface area contributed by atoms with Gasteiger partial charge in [0.25, 0.3) is 0 Å². The highest BCUT2D eigenvalue weighted by Gasteiger charge is 2.05. The number of aliphatic hydroxyl groups is 1. The molecule has 0 radical (unpaired) electrons. The zero-order chi connectivity index (χ0) is 14.6. The lowest BCUT2D eigenvalue weighted by molar-refractivity contribution is 0.103. The zero-order valence-electron chi connectivity index (χ0n) is 12.6. The third-order valence-electron chi connectivity index (χ3n) is 2.90. The molecule has 4 nitrogen and oxygen atoms in total. The van der Waals surface area contributed by atoms with Crippen molar-refractivity contribution in [3.05, 3.63) is 29.8 Å². The van der Waals surface area contributed by atoms with Crippen LogP contribution in [0.15, 0.2) is 24.3 Å². The Morgan fingerprint density at radius 3 is 2.80 bits per heavy atom. The number of para-hydroxylation sites is 1. The second-order valence-corrected chi connectivity index (χ2v) is 4.90. The summed E-state index contributed by atoms with van der Waals surface area (Å²) in [6.45, 7) is 7.40.